The molecule has 46 valence electrons. The molecule has 0 radical (unpaired) electrons. The van der Waals surface area contributed by atoms with E-state index in [4.69, 9.17) is 0 Å². The van der Waals surface area contributed by atoms with E-state index in [2.05, 4.69) is 9.88 Å². The van der Waals surface area contributed by atoms with Crippen molar-refractivity contribution in [2.45, 2.75) is 0 Å². The van der Waals surface area contributed by atoms with Crippen molar-refractivity contribution in [3.63, 3.8) is 0 Å². The number of rotatable bonds is 0. The van der Waals surface area contributed by atoms with E-state index < -0.39 is 0 Å². The molecule has 0 aliphatic rings. The van der Waals surface area contributed by atoms with Gasteiger partial charge in [0.1, 0.15) is 0 Å². The fourth-order valence-electron chi connectivity index (χ4n) is 0.923. The molecule has 1 aromatic heterocycles. The van der Waals surface area contributed by atoms with Gasteiger partial charge in [-0.2, -0.15) is 0 Å². The molecule has 0 bridgehead atoms. The Morgan fingerprint density at radius 2 is 2.10 bits per heavy atom. The molecule has 0 aliphatic heterocycles. The first kappa shape index (κ1) is 5.53. The number of hydrogen-bond acceptors (Lipinski definition) is 2. The second kappa shape index (κ2) is 2.18. The minimum atomic E-state index is 0.998. The molecule has 1 heterocycles. The summed E-state index contributed by atoms with van der Waals surface area (Å²) in [5.74, 6) is 0. The quantitative estimate of drug-likeness (QED) is 0.528. The molecular weight excluding hydrogens is 123 g/mol. The van der Waals surface area contributed by atoms with Gasteiger partial charge in [-0.3, -0.25) is 0 Å². The molecule has 0 spiro atoms. The molecule has 2 nitrogen and oxygen atoms in total. The van der Waals surface area contributed by atoms with Crippen LogP contribution in [0.1, 0.15) is 0 Å². The van der Waals surface area contributed by atoms with Crippen molar-refractivity contribution in [2.75, 3.05) is 0 Å². The van der Waals surface area contributed by atoms with Crippen molar-refractivity contribution < 1.29 is 0 Å². The molecule has 0 N–H and O–H groups in total. The number of para-hydroxylation sites is 1. The van der Waals surface area contributed by atoms with Gasteiger partial charge in [-0.25, -0.2) is 0 Å². The van der Waals surface area contributed by atoms with E-state index in [1.165, 1.54) is 0 Å². The zero-order valence-electron chi connectivity index (χ0n) is 5.36. The van der Waals surface area contributed by atoms with Crippen LogP contribution in [0.25, 0.3) is 10.8 Å². The van der Waals surface area contributed by atoms with E-state index >= 15 is 0 Å². The van der Waals surface area contributed by atoms with Crippen molar-refractivity contribution in [1.29, 1.82) is 0 Å². The minimum absolute atomic E-state index is 0.998. The van der Waals surface area contributed by atoms with Crippen LogP contribution in [0.2, 0.25) is 0 Å². The van der Waals surface area contributed by atoms with Gasteiger partial charge in [-0.05, 0) is 0 Å². The average Bonchev–Trinajstić information content (AvgIpc) is 2.05. The molecule has 0 fully saturated rings. The average molecular weight is 128 g/mol. The van der Waals surface area contributed by atoms with Gasteiger partial charge in [0, 0.05) is 0 Å². The molecule has 3 heteroatoms. The zero-order valence-corrected chi connectivity index (χ0v) is 5.36. The van der Waals surface area contributed by atoms with Crippen LogP contribution in [0.5, 0.6) is 0 Å². The van der Waals surface area contributed by atoms with Crippen LogP contribution in [-0.2, 0) is 0 Å². The molecule has 10 heavy (non-hydrogen) atoms. The van der Waals surface area contributed by atoms with Gasteiger partial charge >= 0.3 is 58.3 Å². The van der Waals surface area contributed by atoms with E-state index in [0.717, 1.165) is 10.8 Å². The Morgan fingerprint density at radius 3 is 3.00 bits per heavy atom. The van der Waals surface area contributed by atoms with E-state index in [1.807, 2.05) is 31.3 Å². The van der Waals surface area contributed by atoms with Crippen LogP contribution in [0.15, 0.2) is 30.6 Å². The van der Waals surface area contributed by atoms with E-state index in [1.54, 1.807) is 6.33 Å². The topological polar surface area (TPSA) is 25.8 Å². The zero-order chi connectivity index (χ0) is 6.81. The summed E-state index contributed by atoms with van der Waals surface area (Å²) in [6.45, 7) is 0. The molecule has 0 atom stereocenters. The summed E-state index contributed by atoms with van der Waals surface area (Å²) in [4.78, 5) is 7.97. The summed E-state index contributed by atoms with van der Waals surface area (Å²) in [5.41, 5.74) is 0.998. The van der Waals surface area contributed by atoms with Crippen LogP contribution in [0, 0.1) is 0 Å². The third-order valence-electron chi connectivity index (χ3n) is 1.41. The third-order valence-corrected chi connectivity index (χ3v) is 1.41. The second-order valence-corrected chi connectivity index (χ2v) is 2.08. The van der Waals surface area contributed by atoms with Gasteiger partial charge in [0.05, 0.1) is 0 Å². The normalized spacial score (nSPS) is 9.60. The second-order valence-electron chi connectivity index (χ2n) is 2.08. The predicted octanol–water partition coefficient (Wildman–Crippen LogP) is 0.968. The number of hydrogen-bond donors (Lipinski definition) is 0. The number of aromatic nitrogens is 2. The monoisotopic (exact) mass is 128 g/mol. The number of fused-ring (bicyclic) bond motifs is 1. The summed E-state index contributed by atoms with van der Waals surface area (Å²) >= 11 is 0. The molecule has 0 saturated carbocycles. The molecule has 2 aromatic rings. The molecule has 0 amide bonds. The molecular formula is C7H5BN2. The first-order chi connectivity index (χ1) is 4.97. The fourth-order valence-corrected chi connectivity index (χ4v) is 0.923. The number of benzene rings is 1. The van der Waals surface area contributed by atoms with Crippen LogP contribution >= 0.6 is 0 Å². The van der Waals surface area contributed by atoms with E-state index in [9.17, 15) is 0 Å². The van der Waals surface area contributed by atoms with Gasteiger partial charge in [-0.1, -0.05) is 0 Å². The first-order valence-corrected chi connectivity index (χ1v) is 3.11. The van der Waals surface area contributed by atoms with Crippen molar-refractivity contribution in [2.24, 2.45) is 0 Å². The Kier molecular flexibility index (Phi) is 1.20. The number of nitrogens with zero attached hydrogens (tertiary/aromatic N) is 2. The fraction of sp³-hybridized carbons (Fsp3) is 0. The van der Waals surface area contributed by atoms with Crippen molar-refractivity contribution in [3.05, 3.63) is 30.6 Å². The SMILES string of the molecule is b1ncnc2ccccc12. The van der Waals surface area contributed by atoms with Crippen molar-refractivity contribution >= 4 is 17.9 Å². The first-order valence-electron chi connectivity index (χ1n) is 3.11. The predicted molar refractivity (Wildman–Crippen MR) is 40.9 cm³/mol. The Labute approximate surface area is 59.2 Å². The van der Waals surface area contributed by atoms with Gasteiger partial charge in [0.15, 0.2) is 0 Å². The van der Waals surface area contributed by atoms with Crippen LogP contribution in [-0.4, -0.2) is 16.9 Å². The van der Waals surface area contributed by atoms with Crippen molar-refractivity contribution in [3.8, 4) is 0 Å². The Balaban J connectivity index is 2.89. The molecule has 0 unspecified atom stereocenters. The summed E-state index contributed by atoms with van der Waals surface area (Å²) in [6.07, 6.45) is 1.56. The van der Waals surface area contributed by atoms with Gasteiger partial charge < -0.3 is 0 Å². The third kappa shape index (κ3) is 0.797. The summed E-state index contributed by atoms with van der Waals surface area (Å²) in [6, 6.07) is 7.91. The summed E-state index contributed by atoms with van der Waals surface area (Å²) in [5, 5.41) is 1.09. The standard InChI is InChI=1S/C7H5BN2/c1-2-4-7-6(3-1)8-10-5-9-7/h1-5H. The molecule has 0 aliphatic carbocycles. The Morgan fingerprint density at radius 1 is 1.20 bits per heavy atom. The summed E-state index contributed by atoms with van der Waals surface area (Å²) < 4.78 is 0. The maximum absolute atomic E-state index is 4.07. The van der Waals surface area contributed by atoms with E-state index in [0.29, 0.717) is 0 Å². The maximum atomic E-state index is 4.07. The Bertz CT molecular complexity index is 283. The van der Waals surface area contributed by atoms with Crippen LogP contribution < -0.4 is 0 Å². The molecule has 2 rings (SSSR count). The van der Waals surface area contributed by atoms with Gasteiger partial charge in [0.2, 0.25) is 0 Å². The van der Waals surface area contributed by atoms with Crippen molar-refractivity contribution in [1.82, 2.24) is 9.88 Å². The molecule has 0 saturated heterocycles. The van der Waals surface area contributed by atoms with Crippen LogP contribution in [0.3, 0.4) is 0 Å². The Hall–Kier alpha value is -1.25. The van der Waals surface area contributed by atoms with Gasteiger partial charge in [0.25, 0.3) is 0 Å². The van der Waals surface area contributed by atoms with Crippen LogP contribution in [0.4, 0.5) is 0 Å². The van der Waals surface area contributed by atoms with Gasteiger partial charge in [-0.15, -0.1) is 0 Å². The van der Waals surface area contributed by atoms with E-state index in [-0.39, 0.29) is 0 Å². The summed E-state index contributed by atoms with van der Waals surface area (Å²) in [7, 11) is 1.81. The molecule has 1 aromatic carbocycles.